The van der Waals surface area contributed by atoms with Crippen molar-refractivity contribution in [1.29, 1.82) is 0 Å². The fourth-order valence-electron chi connectivity index (χ4n) is 1.95. The lowest BCUT2D eigenvalue weighted by Gasteiger charge is -2.26. The quantitative estimate of drug-likeness (QED) is 0.830. The Morgan fingerprint density at radius 3 is 2.45 bits per heavy atom. The molecule has 22 heavy (non-hydrogen) atoms. The van der Waals surface area contributed by atoms with Crippen LogP contribution in [0, 0.1) is 0 Å². The van der Waals surface area contributed by atoms with E-state index in [9.17, 15) is 9.59 Å². The lowest BCUT2D eigenvalue weighted by atomic mass is 10.1. The number of nitrogens with zero attached hydrogens (tertiary/aromatic N) is 1. The van der Waals surface area contributed by atoms with Crippen molar-refractivity contribution in [3.05, 3.63) is 22.7 Å². The molecule has 0 unspecified atom stereocenters. The summed E-state index contributed by atoms with van der Waals surface area (Å²) in [5, 5.41) is 0.271. The summed E-state index contributed by atoms with van der Waals surface area (Å²) in [6, 6.07) is 2.85. The lowest BCUT2D eigenvalue weighted by molar-refractivity contribution is -0.119. The summed E-state index contributed by atoms with van der Waals surface area (Å²) >= 11 is 6.16. The van der Waals surface area contributed by atoms with Crippen LogP contribution in [0.2, 0.25) is 5.02 Å². The number of nitrogens with two attached hydrogens (primary N) is 1. The van der Waals surface area contributed by atoms with Gasteiger partial charge < -0.3 is 20.1 Å². The molecule has 2 N–H and O–H groups in total. The minimum atomic E-state index is -0.578. The van der Waals surface area contributed by atoms with E-state index < -0.39 is 5.91 Å². The molecule has 0 saturated carbocycles. The number of amides is 2. The number of methoxy groups -OCH3 is 1. The third-order valence-corrected chi connectivity index (χ3v) is 3.26. The maximum atomic E-state index is 12.6. The number of carbonyl (C=O) groups is 2. The zero-order valence-electron chi connectivity index (χ0n) is 13.2. The second kappa shape index (κ2) is 7.89. The molecule has 0 aliphatic rings. The molecule has 0 bridgehead atoms. The fourth-order valence-corrected chi connectivity index (χ4v) is 2.22. The molecule has 0 saturated heterocycles. The number of carbonyl (C=O) groups excluding carboxylic acids is 2. The van der Waals surface area contributed by atoms with Gasteiger partial charge in [0.15, 0.2) is 11.5 Å². The fraction of sp³-hybridized carbons (Fsp3) is 0.467. The van der Waals surface area contributed by atoms with Gasteiger partial charge in [0.05, 0.1) is 25.3 Å². The SMILES string of the molecule is CCOc1c(Cl)cc(C(=O)N(CC(N)=O)C(C)C)cc1OC. The van der Waals surface area contributed by atoms with Gasteiger partial charge in [-0.05, 0) is 32.9 Å². The molecule has 122 valence electrons. The first-order chi connectivity index (χ1) is 10.3. The van der Waals surface area contributed by atoms with Gasteiger partial charge >= 0.3 is 0 Å². The van der Waals surface area contributed by atoms with Gasteiger partial charge in [-0.1, -0.05) is 11.6 Å². The highest BCUT2D eigenvalue weighted by Gasteiger charge is 2.23. The highest BCUT2D eigenvalue weighted by atomic mass is 35.5. The van der Waals surface area contributed by atoms with E-state index in [0.717, 1.165) is 0 Å². The van der Waals surface area contributed by atoms with Crippen molar-refractivity contribution in [2.24, 2.45) is 5.73 Å². The molecule has 0 heterocycles. The Bertz CT molecular complexity index is 561. The molecular weight excluding hydrogens is 308 g/mol. The average molecular weight is 329 g/mol. The Hall–Kier alpha value is -1.95. The van der Waals surface area contributed by atoms with Gasteiger partial charge in [-0.3, -0.25) is 9.59 Å². The maximum absolute atomic E-state index is 12.6. The Labute approximate surface area is 135 Å². The molecule has 0 fully saturated rings. The second-order valence-electron chi connectivity index (χ2n) is 4.92. The smallest absolute Gasteiger partial charge is 0.254 e. The van der Waals surface area contributed by atoms with E-state index in [2.05, 4.69) is 0 Å². The molecule has 0 atom stereocenters. The zero-order chi connectivity index (χ0) is 16.9. The number of primary amides is 1. The Morgan fingerprint density at radius 1 is 1.36 bits per heavy atom. The standard InChI is InChI=1S/C15H21ClN2O4/c1-5-22-14-11(16)6-10(7-12(14)21-4)15(20)18(9(2)3)8-13(17)19/h6-7,9H,5,8H2,1-4H3,(H2,17,19). The summed E-state index contributed by atoms with van der Waals surface area (Å²) in [6.07, 6.45) is 0. The summed E-state index contributed by atoms with van der Waals surface area (Å²) in [6.45, 7) is 5.68. The van der Waals surface area contributed by atoms with Crippen molar-refractivity contribution >= 4 is 23.4 Å². The predicted molar refractivity (Wildman–Crippen MR) is 84.5 cm³/mol. The van der Waals surface area contributed by atoms with Crippen LogP contribution in [0.25, 0.3) is 0 Å². The molecule has 1 rings (SSSR count). The van der Waals surface area contributed by atoms with Gasteiger partial charge in [0, 0.05) is 11.6 Å². The first kappa shape index (κ1) is 18.1. The summed E-state index contributed by atoms with van der Waals surface area (Å²) in [5.74, 6) is -0.183. The molecule has 1 aromatic rings. The van der Waals surface area contributed by atoms with Crippen molar-refractivity contribution in [2.45, 2.75) is 26.8 Å². The molecule has 0 radical (unpaired) electrons. The number of hydrogen-bond donors (Lipinski definition) is 1. The normalized spacial score (nSPS) is 10.5. The molecule has 1 aromatic carbocycles. The van der Waals surface area contributed by atoms with Crippen LogP contribution >= 0.6 is 11.6 Å². The molecule has 0 aromatic heterocycles. The van der Waals surface area contributed by atoms with Crippen LogP contribution < -0.4 is 15.2 Å². The zero-order valence-corrected chi connectivity index (χ0v) is 13.9. The van der Waals surface area contributed by atoms with Crippen LogP contribution in [0.4, 0.5) is 0 Å². The number of hydrogen-bond acceptors (Lipinski definition) is 4. The second-order valence-corrected chi connectivity index (χ2v) is 5.32. The number of rotatable bonds is 7. The molecule has 0 spiro atoms. The van der Waals surface area contributed by atoms with Crippen molar-refractivity contribution < 1.29 is 19.1 Å². The molecule has 0 aliphatic heterocycles. The van der Waals surface area contributed by atoms with Crippen LogP contribution in [-0.2, 0) is 4.79 Å². The Morgan fingerprint density at radius 2 is 2.00 bits per heavy atom. The van der Waals surface area contributed by atoms with Crippen molar-refractivity contribution in [3.63, 3.8) is 0 Å². The lowest BCUT2D eigenvalue weighted by Crippen LogP contribution is -2.42. The van der Waals surface area contributed by atoms with Crippen molar-refractivity contribution in [2.75, 3.05) is 20.3 Å². The van der Waals surface area contributed by atoms with E-state index in [1.54, 1.807) is 13.8 Å². The van der Waals surface area contributed by atoms with Gasteiger partial charge in [-0.25, -0.2) is 0 Å². The van der Waals surface area contributed by atoms with Crippen molar-refractivity contribution in [3.8, 4) is 11.5 Å². The first-order valence-corrected chi connectivity index (χ1v) is 7.29. The van der Waals surface area contributed by atoms with E-state index in [1.807, 2.05) is 6.92 Å². The van der Waals surface area contributed by atoms with Gasteiger partial charge in [0.1, 0.15) is 0 Å². The van der Waals surface area contributed by atoms with Gasteiger partial charge in [0.2, 0.25) is 5.91 Å². The third-order valence-electron chi connectivity index (χ3n) is 2.98. The van der Waals surface area contributed by atoms with Gasteiger partial charge in [-0.15, -0.1) is 0 Å². The van der Waals surface area contributed by atoms with E-state index in [0.29, 0.717) is 23.7 Å². The molecule has 7 heteroatoms. The van der Waals surface area contributed by atoms with Crippen LogP contribution in [0.3, 0.4) is 0 Å². The number of ether oxygens (including phenoxy) is 2. The van der Waals surface area contributed by atoms with Crippen LogP contribution in [0.5, 0.6) is 11.5 Å². The minimum absolute atomic E-state index is 0.163. The Kier molecular flexibility index (Phi) is 6.49. The summed E-state index contributed by atoms with van der Waals surface area (Å²) in [7, 11) is 1.46. The average Bonchev–Trinajstić information content (AvgIpc) is 2.45. The molecule has 6 nitrogen and oxygen atoms in total. The van der Waals surface area contributed by atoms with Crippen LogP contribution in [0.1, 0.15) is 31.1 Å². The summed E-state index contributed by atoms with van der Waals surface area (Å²) < 4.78 is 10.6. The van der Waals surface area contributed by atoms with E-state index >= 15 is 0 Å². The molecule has 2 amide bonds. The minimum Gasteiger partial charge on any atom is -0.493 e. The topological polar surface area (TPSA) is 81.9 Å². The van der Waals surface area contributed by atoms with E-state index in [1.165, 1.54) is 24.1 Å². The highest BCUT2D eigenvalue weighted by molar-refractivity contribution is 6.32. The summed E-state index contributed by atoms with van der Waals surface area (Å²) in [4.78, 5) is 25.1. The van der Waals surface area contributed by atoms with Crippen LogP contribution in [-0.4, -0.2) is 43.0 Å². The van der Waals surface area contributed by atoms with E-state index in [-0.39, 0.29) is 23.5 Å². The van der Waals surface area contributed by atoms with Gasteiger partial charge in [-0.2, -0.15) is 0 Å². The predicted octanol–water partition coefficient (Wildman–Crippen LogP) is 2.08. The molecule has 0 aliphatic carbocycles. The number of benzene rings is 1. The van der Waals surface area contributed by atoms with Gasteiger partial charge in [0.25, 0.3) is 5.91 Å². The number of halogens is 1. The monoisotopic (exact) mass is 328 g/mol. The third kappa shape index (κ3) is 4.27. The maximum Gasteiger partial charge on any atom is 0.254 e. The first-order valence-electron chi connectivity index (χ1n) is 6.91. The summed E-state index contributed by atoms with van der Waals surface area (Å²) in [5.41, 5.74) is 5.50. The van der Waals surface area contributed by atoms with Crippen molar-refractivity contribution in [1.82, 2.24) is 4.90 Å². The van der Waals surface area contributed by atoms with Crippen LogP contribution in [0.15, 0.2) is 12.1 Å². The highest BCUT2D eigenvalue weighted by Crippen LogP contribution is 2.36. The molecular formula is C15H21ClN2O4. The Balaban J connectivity index is 3.22. The largest absolute Gasteiger partial charge is 0.493 e. The van der Waals surface area contributed by atoms with E-state index in [4.69, 9.17) is 26.8 Å².